The molecule has 2 amide bonds. The maximum Gasteiger partial charge on any atom is 0.418 e. The van der Waals surface area contributed by atoms with Gasteiger partial charge in [0.15, 0.2) is 0 Å². The minimum absolute atomic E-state index is 0.116. The largest absolute Gasteiger partial charge is 0.547 e. The molecule has 0 aromatic carbocycles. The van der Waals surface area contributed by atoms with Gasteiger partial charge in [-0.2, -0.15) is 18.6 Å². The predicted octanol–water partition coefficient (Wildman–Crippen LogP) is -1.85. The first-order chi connectivity index (χ1) is 13.6. The van der Waals surface area contributed by atoms with Gasteiger partial charge in [0, 0.05) is 12.1 Å². The van der Waals surface area contributed by atoms with E-state index in [4.69, 9.17) is 4.55 Å². The van der Waals surface area contributed by atoms with Gasteiger partial charge in [-0.1, -0.05) is 0 Å². The van der Waals surface area contributed by atoms with Gasteiger partial charge in [0.05, 0.1) is 44.0 Å². The minimum Gasteiger partial charge on any atom is -0.547 e. The van der Waals surface area contributed by atoms with Gasteiger partial charge in [-0.3, -0.25) is 9.23 Å². The molecular weight excluding hydrogens is 406 g/mol. The highest BCUT2D eigenvalue weighted by Gasteiger charge is 2.52. The summed E-state index contributed by atoms with van der Waals surface area (Å²) in [6.07, 6.45) is 1.34. The van der Waals surface area contributed by atoms with E-state index in [1.807, 2.05) is 0 Å². The van der Waals surface area contributed by atoms with Crippen LogP contribution in [0.3, 0.4) is 0 Å². The number of aryl methyl sites for hydroxylation is 1. The van der Waals surface area contributed by atoms with Crippen molar-refractivity contribution in [1.29, 1.82) is 0 Å². The monoisotopic (exact) mass is 433 g/mol. The van der Waals surface area contributed by atoms with Crippen LogP contribution in [0.2, 0.25) is 0 Å². The molecule has 0 radical (unpaired) electrons. The highest BCUT2D eigenvalue weighted by atomic mass is 32.3. The number of hydrogen-bond donors (Lipinski definition) is 2. The number of nitrogens with zero attached hydrogens (tertiary/aromatic N) is 4. The first-order valence-electron chi connectivity index (χ1n) is 9.46. The highest BCUT2D eigenvalue weighted by molar-refractivity contribution is 7.80. The maximum absolute atomic E-state index is 12.2. The van der Waals surface area contributed by atoms with Crippen LogP contribution in [-0.4, -0.2) is 70.9 Å². The van der Waals surface area contributed by atoms with E-state index < -0.39 is 34.5 Å². The molecule has 0 unspecified atom stereocenters. The lowest BCUT2D eigenvalue weighted by Gasteiger charge is -2.31. The van der Waals surface area contributed by atoms with Gasteiger partial charge in [0.2, 0.25) is 0 Å². The summed E-state index contributed by atoms with van der Waals surface area (Å²) in [6.45, 7) is 12.5. The fourth-order valence-electron chi connectivity index (χ4n) is 3.58. The van der Waals surface area contributed by atoms with Crippen LogP contribution in [0, 0.1) is 0 Å². The molecule has 2 bridgehead atoms. The summed E-state index contributed by atoms with van der Waals surface area (Å²) >= 11 is 0. The van der Waals surface area contributed by atoms with E-state index in [-0.39, 0.29) is 12.2 Å². The average Bonchev–Trinajstić information content (AvgIpc) is 3.19. The van der Waals surface area contributed by atoms with Crippen molar-refractivity contribution in [1.82, 2.24) is 19.7 Å². The summed E-state index contributed by atoms with van der Waals surface area (Å²) in [6, 6.07) is -3.28. The Morgan fingerprint density at radius 1 is 1.31 bits per heavy atom. The van der Waals surface area contributed by atoms with Crippen molar-refractivity contribution < 1.29 is 36.8 Å². The third-order valence-electron chi connectivity index (χ3n) is 5.12. The Hall–Kier alpha value is -2.22. The zero-order valence-electron chi connectivity index (χ0n) is 16.9. The summed E-state index contributed by atoms with van der Waals surface area (Å²) < 4.78 is 36.2. The fourth-order valence-corrected chi connectivity index (χ4v) is 3.95. The number of hydroxylamine groups is 2. The topological polar surface area (TPSA) is 150 Å². The summed E-state index contributed by atoms with van der Waals surface area (Å²) in [5.74, 6) is -1.52. The summed E-state index contributed by atoms with van der Waals surface area (Å²) in [5, 5.41) is 15.9. The lowest BCUT2D eigenvalue weighted by Crippen LogP contribution is -3.11. The van der Waals surface area contributed by atoms with E-state index in [1.54, 1.807) is 11.8 Å². The predicted molar refractivity (Wildman–Crippen MR) is 97.6 cm³/mol. The van der Waals surface area contributed by atoms with Crippen LogP contribution in [0.25, 0.3) is 0 Å². The Morgan fingerprint density at radius 3 is 2.31 bits per heavy atom. The fraction of sp³-hybridized carbons (Fsp3) is 0.688. The summed E-state index contributed by atoms with van der Waals surface area (Å²) in [5.41, 5.74) is 0.565. The summed E-state index contributed by atoms with van der Waals surface area (Å²) in [4.78, 5) is 26.2. The molecule has 13 heteroatoms. The van der Waals surface area contributed by atoms with Gasteiger partial charge in [-0.05, 0) is 27.7 Å². The standard InChI is InChI=1S/C10H12N4O7S.C6H15N/c1-2-13-7-5(3-11-13)6-4-12(8(7)9(15)16)10(17)14(6)21-22(18,19)20;1-4-7(5-2)6-3/h3,6,8H,2,4H2,1H3,(H,15,16)(H,18,19,20);4-6H2,1-3H3/t6-,8+;/m1./s1. The van der Waals surface area contributed by atoms with E-state index in [0.717, 1.165) is 4.90 Å². The van der Waals surface area contributed by atoms with Crippen molar-refractivity contribution in [3.8, 4) is 0 Å². The highest BCUT2D eigenvalue weighted by Crippen LogP contribution is 2.43. The molecule has 164 valence electrons. The molecule has 1 aromatic rings. The van der Waals surface area contributed by atoms with Crippen LogP contribution in [0.15, 0.2) is 6.20 Å². The first kappa shape index (κ1) is 23.1. The number of carboxylic acids is 1. The van der Waals surface area contributed by atoms with Gasteiger partial charge in [-0.25, -0.2) is 4.79 Å². The van der Waals surface area contributed by atoms with E-state index in [0.29, 0.717) is 17.2 Å². The number of hydrogen-bond acceptors (Lipinski definition) is 7. The van der Waals surface area contributed by atoms with Gasteiger partial charge in [0.25, 0.3) is 0 Å². The minimum atomic E-state index is -4.93. The smallest absolute Gasteiger partial charge is 0.418 e. The van der Waals surface area contributed by atoms with Crippen LogP contribution in [-0.2, 0) is 26.0 Å². The van der Waals surface area contributed by atoms with Crippen molar-refractivity contribution in [2.75, 3.05) is 26.2 Å². The normalized spacial score (nSPS) is 20.6. The Kier molecular flexibility index (Phi) is 7.21. The summed E-state index contributed by atoms with van der Waals surface area (Å²) in [7, 11) is -4.93. The average molecular weight is 433 g/mol. The Morgan fingerprint density at radius 2 is 1.90 bits per heavy atom. The molecule has 12 nitrogen and oxygen atoms in total. The van der Waals surface area contributed by atoms with Gasteiger partial charge < -0.3 is 19.7 Å². The molecule has 0 spiro atoms. The van der Waals surface area contributed by atoms with Crippen molar-refractivity contribution in [2.45, 2.75) is 46.3 Å². The number of fused-ring (bicyclic) bond motifs is 4. The Labute approximate surface area is 169 Å². The third-order valence-corrected chi connectivity index (χ3v) is 5.47. The van der Waals surface area contributed by atoms with Crippen LogP contribution in [0.5, 0.6) is 0 Å². The van der Waals surface area contributed by atoms with Crippen molar-refractivity contribution in [3.05, 3.63) is 17.5 Å². The molecule has 1 saturated heterocycles. The van der Waals surface area contributed by atoms with Crippen LogP contribution in [0.1, 0.15) is 51.0 Å². The Balaban J connectivity index is 0.000000370. The van der Waals surface area contributed by atoms with E-state index in [2.05, 4.69) is 30.2 Å². The molecule has 1 fully saturated rings. The molecule has 2 atom stereocenters. The molecular formula is C16H27N5O7S. The number of amides is 2. The molecule has 0 saturated carbocycles. The molecule has 3 heterocycles. The van der Waals surface area contributed by atoms with Crippen LogP contribution < -0.4 is 10.0 Å². The number of quaternary nitrogens is 1. The number of carbonyl (C=O) groups is 2. The molecule has 29 heavy (non-hydrogen) atoms. The number of aliphatic carboxylic acids is 1. The van der Waals surface area contributed by atoms with E-state index in [9.17, 15) is 23.1 Å². The number of nitrogens with one attached hydrogen (secondary N) is 1. The quantitative estimate of drug-likeness (QED) is 0.476. The van der Waals surface area contributed by atoms with E-state index >= 15 is 0 Å². The number of rotatable bonds is 7. The van der Waals surface area contributed by atoms with Crippen molar-refractivity contribution in [2.24, 2.45) is 0 Å². The zero-order valence-corrected chi connectivity index (χ0v) is 17.7. The zero-order chi connectivity index (χ0) is 21.9. The second kappa shape index (κ2) is 9.07. The molecule has 2 aliphatic heterocycles. The van der Waals surface area contributed by atoms with Gasteiger partial charge in [-0.15, -0.1) is 4.28 Å². The first-order valence-corrected chi connectivity index (χ1v) is 10.8. The van der Waals surface area contributed by atoms with Gasteiger partial charge >= 0.3 is 16.4 Å². The third kappa shape index (κ3) is 4.69. The number of carboxylic acid groups (broad SMARTS) is 1. The molecule has 1 aromatic heterocycles. The molecule has 3 rings (SSSR count). The van der Waals surface area contributed by atoms with Gasteiger partial charge in [0.1, 0.15) is 12.1 Å². The maximum atomic E-state index is 12.2. The lowest BCUT2D eigenvalue weighted by molar-refractivity contribution is -0.894. The number of urea groups is 1. The van der Waals surface area contributed by atoms with E-state index in [1.165, 1.54) is 30.5 Å². The second-order valence-electron chi connectivity index (χ2n) is 6.61. The molecule has 0 aliphatic carbocycles. The molecule has 2 aliphatic rings. The number of aromatic nitrogens is 2. The van der Waals surface area contributed by atoms with Crippen molar-refractivity contribution in [3.63, 3.8) is 0 Å². The van der Waals surface area contributed by atoms with Crippen molar-refractivity contribution >= 4 is 22.4 Å². The number of carbonyl (C=O) groups excluding carboxylic acids is 2. The Bertz CT molecular complexity index is 846. The SMILES string of the molecule is CC[NH+](CC)CC.CCn1ncc2c1[C@@H](C(=O)[O-])N1C[C@H]2N(OS(=O)(=O)O)C1=O. The lowest BCUT2D eigenvalue weighted by atomic mass is 9.98. The second-order valence-corrected chi connectivity index (χ2v) is 7.62. The van der Waals surface area contributed by atoms with Crippen LogP contribution >= 0.6 is 0 Å². The molecule has 2 N–H and O–H groups in total. The van der Waals surface area contributed by atoms with Crippen LogP contribution in [0.4, 0.5) is 4.79 Å².